The van der Waals surface area contributed by atoms with Crippen LogP contribution in [-0.4, -0.2) is 52.6 Å². The van der Waals surface area contributed by atoms with Crippen molar-refractivity contribution < 1.29 is 9.47 Å². The van der Waals surface area contributed by atoms with Gasteiger partial charge in [-0.25, -0.2) is 0 Å². The number of hydrogen-bond acceptors (Lipinski definition) is 4. The molecule has 4 nitrogen and oxygen atoms in total. The van der Waals surface area contributed by atoms with Crippen LogP contribution in [0.2, 0.25) is 0 Å². The minimum absolute atomic E-state index is 0.803. The Morgan fingerprint density at radius 1 is 0.577 bits per heavy atom. The fraction of sp³-hybridized carbons (Fsp3) is 0.364. The molecule has 2 aliphatic heterocycles. The third-order valence-corrected chi connectivity index (χ3v) is 5.02. The van der Waals surface area contributed by atoms with Gasteiger partial charge in [0.15, 0.2) is 0 Å². The van der Waals surface area contributed by atoms with E-state index in [4.69, 9.17) is 9.47 Å². The molecule has 4 rings (SSSR count). The number of rotatable bonds is 4. The maximum Gasteiger partial charge on any atom is 0.0642 e. The molecule has 136 valence electrons. The molecule has 2 aromatic rings. The molecule has 2 fully saturated rings. The van der Waals surface area contributed by atoms with Crippen molar-refractivity contribution in [2.45, 2.75) is 0 Å². The van der Waals surface area contributed by atoms with E-state index in [-0.39, 0.29) is 0 Å². The highest BCUT2D eigenvalue weighted by molar-refractivity contribution is 5.81. The minimum Gasteiger partial charge on any atom is -0.378 e. The molecule has 2 saturated heterocycles. The van der Waals surface area contributed by atoms with Crippen molar-refractivity contribution in [3.05, 3.63) is 59.7 Å². The lowest BCUT2D eigenvalue weighted by molar-refractivity contribution is 0.122. The predicted molar refractivity (Wildman–Crippen MR) is 108 cm³/mol. The summed E-state index contributed by atoms with van der Waals surface area (Å²) < 4.78 is 11.0. The van der Waals surface area contributed by atoms with E-state index in [9.17, 15) is 0 Å². The average Bonchev–Trinajstić information content (AvgIpc) is 2.74. The van der Waals surface area contributed by atoms with Crippen LogP contribution in [0.25, 0.3) is 12.2 Å². The highest BCUT2D eigenvalue weighted by atomic mass is 16.5. The van der Waals surface area contributed by atoms with E-state index < -0.39 is 0 Å². The van der Waals surface area contributed by atoms with E-state index in [1.54, 1.807) is 0 Å². The molecule has 4 heteroatoms. The first-order valence-corrected chi connectivity index (χ1v) is 9.43. The lowest BCUT2D eigenvalue weighted by atomic mass is 10.1. The topological polar surface area (TPSA) is 24.9 Å². The second-order valence-electron chi connectivity index (χ2n) is 6.65. The quantitative estimate of drug-likeness (QED) is 0.788. The third-order valence-electron chi connectivity index (χ3n) is 5.02. The molecule has 0 atom stereocenters. The molecule has 2 heterocycles. The predicted octanol–water partition coefficient (Wildman–Crippen LogP) is 3.53. The summed E-state index contributed by atoms with van der Waals surface area (Å²) in [6.45, 7) is 7.03. The molecular weight excluding hydrogens is 324 g/mol. The fourth-order valence-corrected chi connectivity index (χ4v) is 3.62. The Morgan fingerprint density at radius 3 is 1.38 bits per heavy atom. The standard InChI is InChI=1S/C22H26N2O2/c1-3-7-21(23-11-15-25-16-12-23)19(5-1)9-10-20-6-2-4-8-22(20)24-13-17-26-18-14-24/h1-10H,11-18H2/b10-9+. The highest BCUT2D eigenvalue weighted by Gasteiger charge is 2.15. The Labute approximate surface area is 155 Å². The van der Waals surface area contributed by atoms with Gasteiger partial charge in [-0.15, -0.1) is 0 Å². The summed E-state index contributed by atoms with van der Waals surface area (Å²) in [5.41, 5.74) is 5.09. The number of ether oxygens (including phenoxy) is 2. The number of anilines is 2. The van der Waals surface area contributed by atoms with Crippen LogP contribution < -0.4 is 9.80 Å². The van der Waals surface area contributed by atoms with Crippen molar-refractivity contribution >= 4 is 23.5 Å². The molecule has 0 amide bonds. The van der Waals surface area contributed by atoms with Gasteiger partial charge in [0.25, 0.3) is 0 Å². The van der Waals surface area contributed by atoms with Gasteiger partial charge in [0.05, 0.1) is 26.4 Å². The molecule has 0 spiro atoms. The van der Waals surface area contributed by atoms with E-state index in [0.717, 1.165) is 52.6 Å². The van der Waals surface area contributed by atoms with Gasteiger partial charge < -0.3 is 19.3 Å². The van der Waals surface area contributed by atoms with Gasteiger partial charge >= 0.3 is 0 Å². The molecule has 2 aliphatic rings. The maximum atomic E-state index is 5.50. The zero-order valence-electron chi connectivity index (χ0n) is 15.1. The van der Waals surface area contributed by atoms with Crippen LogP contribution in [0.5, 0.6) is 0 Å². The molecule has 0 unspecified atom stereocenters. The highest BCUT2D eigenvalue weighted by Crippen LogP contribution is 2.27. The second kappa shape index (κ2) is 8.39. The van der Waals surface area contributed by atoms with Gasteiger partial charge in [0.1, 0.15) is 0 Å². The van der Waals surface area contributed by atoms with Crippen LogP contribution in [0.4, 0.5) is 11.4 Å². The van der Waals surface area contributed by atoms with E-state index >= 15 is 0 Å². The number of morpholine rings is 2. The first-order valence-electron chi connectivity index (χ1n) is 9.43. The molecular formula is C22H26N2O2. The number of hydrogen-bond donors (Lipinski definition) is 0. The van der Waals surface area contributed by atoms with E-state index in [1.165, 1.54) is 22.5 Å². The normalized spacial score (nSPS) is 18.5. The number of para-hydroxylation sites is 2. The van der Waals surface area contributed by atoms with E-state index in [2.05, 4.69) is 70.5 Å². The zero-order chi connectivity index (χ0) is 17.6. The molecule has 2 aromatic carbocycles. The Hall–Kier alpha value is -2.30. The summed E-state index contributed by atoms with van der Waals surface area (Å²) in [6, 6.07) is 17.2. The van der Waals surface area contributed by atoms with E-state index in [1.807, 2.05) is 0 Å². The fourth-order valence-electron chi connectivity index (χ4n) is 3.62. The molecule has 0 bridgehead atoms. The van der Waals surface area contributed by atoms with Gasteiger partial charge in [-0.05, 0) is 23.3 Å². The number of nitrogens with zero attached hydrogens (tertiary/aromatic N) is 2. The summed E-state index contributed by atoms with van der Waals surface area (Å²) >= 11 is 0. The Balaban J connectivity index is 1.59. The van der Waals surface area contributed by atoms with Crippen molar-refractivity contribution in [2.75, 3.05) is 62.4 Å². The van der Waals surface area contributed by atoms with Crippen molar-refractivity contribution in [1.29, 1.82) is 0 Å². The monoisotopic (exact) mass is 350 g/mol. The molecule has 0 aromatic heterocycles. The van der Waals surface area contributed by atoms with Gasteiger partial charge in [0, 0.05) is 37.6 Å². The van der Waals surface area contributed by atoms with Crippen LogP contribution in [0.15, 0.2) is 48.5 Å². The van der Waals surface area contributed by atoms with Gasteiger partial charge in [0.2, 0.25) is 0 Å². The second-order valence-corrected chi connectivity index (χ2v) is 6.65. The largest absolute Gasteiger partial charge is 0.378 e. The summed E-state index contributed by atoms with van der Waals surface area (Å²) in [6.07, 6.45) is 4.48. The maximum absolute atomic E-state index is 5.50. The van der Waals surface area contributed by atoms with Crippen molar-refractivity contribution in [2.24, 2.45) is 0 Å². The minimum atomic E-state index is 0.803. The smallest absolute Gasteiger partial charge is 0.0642 e. The van der Waals surface area contributed by atoms with Crippen LogP contribution >= 0.6 is 0 Å². The Bertz CT molecular complexity index is 684. The van der Waals surface area contributed by atoms with Crippen molar-refractivity contribution in [3.63, 3.8) is 0 Å². The summed E-state index contributed by atoms with van der Waals surface area (Å²) in [7, 11) is 0. The van der Waals surface area contributed by atoms with Crippen LogP contribution in [-0.2, 0) is 9.47 Å². The third kappa shape index (κ3) is 3.92. The van der Waals surface area contributed by atoms with Gasteiger partial charge in [-0.2, -0.15) is 0 Å². The van der Waals surface area contributed by atoms with E-state index in [0.29, 0.717) is 0 Å². The van der Waals surface area contributed by atoms with Gasteiger partial charge in [-0.1, -0.05) is 48.6 Å². The van der Waals surface area contributed by atoms with Crippen LogP contribution in [0.3, 0.4) is 0 Å². The Morgan fingerprint density at radius 2 is 0.962 bits per heavy atom. The summed E-state index contributed by atoms with van der Waals surface area (Å²) in [4.78, 5) is 4.83. The lowest BCUT2D eigenvalue weighted by Gasteiger charge is -2.30. The van der Waals surface area contributed by atoms with Crippen LogP contribution in [0, 0.1) is 0 Å². The lowest BCUT2D eigenvalue weighted by Crippen LogP contribution is -2.36. The van der Waals surface area contributed by atoms with Crippen molar-refractivity contribution in [1.82, 2.24) is 0 Å². The Kier molecular flexibility index (Phi) is 5.53. The summed E-state index contributed by atoms with van der Waals surface area (Å²) in [5.74, 6) is 0. The molecule has 0 aliphatic carbocycles. The zero-order valence-corrected chi connectivity index (χ0v) is 15.1. The van der Waals surface area contributed by atoms with Gasteiger partial charge in [-0.3, -0.25) is 0 Å². The first-order chi connectivity index (χ1) is 12.9. The summed E-state index contributed by atoms with van der Waals surface area (Å²) in [5, 5.41) is 0. The van der Waals surface area contributed by atoms with Crippen molar-refractivity contribution in [3.8, 4) is 0 Å². The van der Waals surface area contributed by atoms with Crippen LogP contribution in [0.1, 0.15) is 11.1 Å². The number of benzene rings is 2. The molecule has 0 saturated carbocycles. The average molecular weight is 350 g/mol. The molecule has 26 heavy (non-hydrogen) atoms. The first kappa shape index (κ1) is 17.1. The SMILES string of the molecule is C(=C\c1ccccc1N1CCOCC1)/c1ccccc1N1CCOCC1. The molecule has 0 radical (unpaired) electrons. The molecule has 0 N–H and O–H groups in total.